The second-order valence-electron chi connectivity index (χ2n) is 6.02. The van der Waals surface area contributed by atoms with E-state index in [0.29, 0.717) is 17.5 Å². The van der Waals surface area contributed by atoms with E-state index in [1.165, 1.54) is 4.90 Å². The summed E-state index contributed by atoms with van der Waals surface area (Å²) in [6.45, 7) is 3.90. The van der Waals surface area contributed by atoms with Crippen LogP contribution in [0.2, 0.25) is 0 Å². The van der Waals surface area contributed by atoms with Crippen LogP contribution in [0.25, 0.3) is 0 Å². The molecule has 6 heteroatoms. The molecule has 1 fully saturated rings. The maximum absolute atomic E-state index is 12.5. The highest BCUT2D eigenvalue weighted by Crippen LogP contribution is 2.38. The first-order valence-electron chi connectivity index (χ1n) is 7.94. The van der Waals surface area contributed by atoms with E-state index in [-0.39, 0.29) is 24.3 Å². The van der Waals surface area contributed by atoms with Crippen LogP contribution in [0.15, 0.2) is 24.3 Å². The second kappa shape index (κ2) is 6.02. The largest absolute Gasteiger partial charge is 0.433 e. The maximum Gasteiger partial charge on any atom is 0.340 e. The molecule has 0 saturated carbocycles. The molecule has 2 aliphatic heterocycles. The summed E-state index contributed by atoms with van der Waals surface area (Å²) >= 11 is 0. The lowest BCUT2D eigenvalue weighted by Gasteiger charge is -2.29. The van der Waals surface area contributed by atoms with Gasteiger partial charge in [0, 0.05) is 18.0 Å². The fourth-order valence-electron chi connectivity index (χ4n) is 3.03. The van der Waals surface area contributed by atoms with Crippen molar-refractivity contribution in [3.05, 3.63) is 35.4 Å². The Hall–Kier alpha value is -2.37. The number of benzene rings is 1. The van der Waals surface area contributed by atoms with Crippen molar-refractivity contribution in [2.75, 3.05) is 0 Å². The summed E-state index contributed by atoms with van der Waals surface area (Å²) in [5.74, 6) is -0.805. The third-order valence-electron chi connectivity index (χ3n) is 4.48. The lowest BCUT2D eigenvalue weighted by Crippen LogP contribution is -2.48. The molecular weight excluding hydrogens is 296 g/mol. The molecular formula is C17H20N2O4. The molecule has 1 saturated heterocycles. The van der Waals surface area contributed by atoms with E-state index in [2.05, 4.69) is 5.32 Å². The molecule has 6 nitrogen and oxygen atoms in total. The van der Waals surface area contributed by atoms with Crippen LogP contribution < -0.4 is 5.32 Å². The van der Waals surface area contributed by atoms with Crippen molar-refractivity contribution in [3.8, 4) is 0 Å². The molecule has 23 heavy (non-hydrogen) atoms. The number of nitrogens with one attached hydrogen (secondary N) is 1. The minimum atomic E-state index is -0.804. The summed E-state index contributed by atoms with van der Waals surface area (Å²) in [5, 5.41) is 2.91. The topological polar surface area (TPSA) is 75.7 Å². The molecule has 122 valence electrons. The Bertz CT molecular complexity index is 658. The number of nitrogens with zero attached hydrogens (tertiary/aromatic N) is 1. The molecule has 0 bridgehead atoms. The van der Waals surface area contributed by atoms with E-state index in [4.69, 9.17) is 4.74 Å². The number of fused-ring (bicyclic) bond motifs is 1. The van der Waals surface area contributed by atoms with Gasteiger partial charge < -0.3 is 10.1 Å². The number of rotatable bonds is 4. The monoisotopic (exact) mass is 316 g/mol. The molecule has 2 heterocycles. The Morgan fingerprint density at radius 3 is 2.87 bits per heavy atom. The molecule has 0 spiro atoms. The number of hydrogen-bond donors (Lipinski definition) is 1. The normalized spacial score (nSPS) is 24.3. The van der Waals surface area contributed by atoms with E-state index < -0.39 is 18.2 Å². The minimum Gasteiger partial charge on any atom is -0.433 e. The molecule has 1 N–H and O–H groups in total. The van der Waals surface area contributed by atoms with Crippen LogP contribution in [0.5, 0.6) is 0 Å². The van der Waals surface area contributed by atoms with Gasteiger partial charge >= 0.3 is 5.97 Å². The Balaban J connectivity index is 1.87. The van der Waals surface area contributed by atoms with Crippen LogP contribution in [-0.4, -0.2) is 34.8 Å². The molecule has 0 aliphatic carbocycles. The average molecular weight is 316 g/mol. The number of carbonyl (C=O) groups is 3. The van der Waals surface area contributed by atoms with E-state index >= 15 is 0 Å². The lowest BCUT2D eigenvalue weighted by atomic mass is 10.1. The zero-order valence-electron chi connectivity index (χ0n) is 13.2. The molecule has 1 aromatic carbocycles. The Morgan fingerprint density at radius 1 is 1.39 bits per heavy atom. The van der Waals surface area contributed by atoms with Gasteiger partial charge in [0.05, 0.1) is 5.56 Å². The number of cyclic esters (lactones) is 1. The Kier molecular flexibility index (Phi) is 4.07. The van der Waals surface area contributed by atoms with Crippen LogP contribution in [0, 0.1) is 0 Å². The summed E-state index contributed by atoms with van der Waals surface area (Å²) in [5.41, 5.74) is 1.10. The van der Waals surface area contributed by atoms with Crippen molar-refractivity contribution in [3.63, 3.8) is 0 Å². The standard InChI is InChI=1S/C17H20N2O4/c1-3-10(2)18-15(21)13-8-9-14(20)19(13)16-11-6-4-5-7-12(11)17(22)23-16/h4-7,10,13,16H,3,8-9H2,1-2H3,(H,18,21)/t10-,13-,16+/m1/s1. The first-order chi connectivity index (χ1) is 11.0. The van der Waals surface area contributed by atoms with Crippen LogP contribution >= 0.6 is 0 Å². The molecule has 2 aliphatic rings. The van der Waals surface area contributed by atoms with Gasteiger partial charge in [-0.05, 0) is 25.8 Å². The van der Waals surface area contributed by atoms with Crippen LogP contribution in [0.1, 0.15) is 55.3 Å². The molecule has 1 aromatic rings. The predicted octanol–water partition coefficient (Wildman–Crippen LogP) is 1.76. The number of carbonyl (C=O) groups excluding carboxylic acids is 3. The molecule has 2 amide bonds. The zero-order chi connectivity index (χ0) is 16.6. The average Bonchev–Trinajstić information content (AvgIpc) is 3.08. The van der Waals surface area contributed by atoms with Gasteiger partial charge in [0.15, 0.2) is 0 Å². The summed E-state index contributed by atoms with van der Waals surface area (Å²) in [4.78, 5) is 38.2. The summed E-state index contributed by atoms with van der Waals surface area (Å²) in [7, 11) is 0. The Morgan fingerprint density at radius 2 is 2.13 bits per heavy atom. The van der Waals surface area contributed by atoms with Gasteiger partial charge in [-0.1, -0.05) is 25.1 Å². The first kappa shape index (κ1) is 15.5. The van der Waals surface area contributed by atoms with Gasteiger partial charge in [-0.3, -0.25) is 14.5 Å². The third kappa shape index (κ3) is 2.69. The van der Waals surface area contributed by atoms with E-state index in [0.717, 1.165) is 6.42 Å². The molecule has 0 unspecified atom stereocenters. The number of amides is 2. The predicted molar refractivity (Wildman–Crippen MR) is 82.4 cm³/mol. The van der Waals surface area contributed by atoms with E-state index in [1.54, 1.807) is 24.3 Å². The number of hydrogen-bond acceptors (Lipinski definition) is 4. The van der Waals surface area contributed by atoms with Gasteiger partial charge in [0.2, 0.25) is 18.0 Å². The highest BCUT2D eigenvalue weighted by Gasteiger charge is 2.46. The van der Waals surface area contributed by atoms with Crippen molar-refractivity contribution in [2.24, 2.45) is 0 Å². The highest BCUT2D eigenvalue weighted by molar-refractivity contribution is 5.96. The fraction of sp³-hybridized carbons (Fsp3) is 0.471. The maximum atomic E-state index is 12.5. The summed E-state index contributed by atoms with van der Waals surface area (Å²) in [6.07, 6.45) is 0.737. The van der Waals surface area contributed by atoms with Gasteiger partial charge in [0.1, 0.15) is 6.04 Å². The van der Waals surface area contributed by atoms with Crippen molar-refractivity contribution in [2.45, 2.75) is 51.4 Å². The quantitative estimate of drug-likeness (QED) is 0.859. The van der Waals surface area contributed by atoms with Crippen LogP contribution in [0.3, 0.4) is 0 Å². The number of likely N-dealkylation sites (tertiary alicyclic amines) is 1. The van der Waals surface area contributed by atoms with Crippen LogP contribution in [-0.2, 0) is 14.3 Å². The fourth-order valence-corrected chi connectivity index (χ4v) is 3.03. The summed E-state index contributed by atoms with van der Waals surface area (Å²) < 4.78 is 5.38. The van der Waals surface area contributed by atoms with Gasteiger partial charge in [-0.2, -0.15) is 0 Å². The minimum absolute atomic E-state index is 0.0402. The third-order valence-corrected chi connectivity index (χ3v) is 4.48. The lowest BCUT2D eigenvalue weighted by molar-refractivity contribution is -0.146. The SMILES string of the molecule is CC[C@@H](C)NC(=O)[C@H]1CCC(=O)N1[C@H]1OC(=O)c2ccccc21. The van der Waals surface area contributed by atoms with Crippen molar-refractivity contribution in [1.82, 2.24) is 10.2 Å². The number of ether oxygens (including phenoxy) is 1. The van der Waals surface area contributed by atoms with Gasteiger partial charge in [-0.25, -0.2) is 4.79 Å². The van der Waals surface area contributed by atoms with Crippen molar-refractivity contribution >= 4 is 17.8 Å². The smallest absolute Gasteiger partial charge is 0.340 e. The highest BCUT2D eigenvalue weighted by atomic mass is 16.6. The zero-order valence-corrected chi connectivity index (χ0v) is 13.2. The summed E-state index contributed by atoms with van der Waals surface area (Å²) in [6, 6.07) is 6.43. The van der Waals surface area contributed by atoms with Crippen molar-refractivity contribution < 1.29 is 19.1 Å². The van der Waals surface area contributed by atoms with E-state index in [1.807, 2.05) is 13.8 Å². The second-order valence-corrected chi connectivity index (χ2v) is 6.02. The van der Waals surface area contributed by atoms with E-state index in [9.17, 15) is 14.4 Å². The Labute approximate surface area is 134 Å². The molecule has 3 atom stereocenters. The number of esters is 1. The molecule has 0 aromatic heterocycles. The van der Waals surface area contributed by atoms with Gasteiger partial charge in [-0.15, -0.1) is 0 Å². The molecule has 3 rings (SSSR count). The molecule has 0 radical (unpaired) electrons. The van der Waals surface area contributed by atoms with Gasteiger partial charge in [0.25, 0.3) is 0 Å². The van der Waals surface area contributed by atoms with Crippen molar-refractivity contribution in [1.29, 1.82) is 0 Å². The first-order valence-corrected chi connectivity index (χ1v) is 7.94. The van der Waals surface area contributed by atoms with Crippen LogP contribution in [0.4, 0.5) is 0 Å².